The molecular weight excluding hydrogens is 336 g/mol. The smallest absolute Gasteiger partial charge is 0.358 e. The Morgan fingerprint density at radius 2 is 1.85 bits per heavy atom. The highest BCUT2D eigenvalue weighted by molar-refractivity contribution is 5.87. The van der Waals surface area contributed by atoms with Crippen LogP contribution in [0, 0.1) is 0 Å². The summed E-state index contributed by atoms with van der Waals surface area (Å²) in [5, 5.41) is 12.9. The van der Waals surface area contributed by atoms with Crippen molar-refractivity contribution in [2.75, 3.05) is 13.7 Å². The molecule has 3 aromatic rings. The highest BCUT2D eigenvalue weighted by Crippen LogP contribution is 2.15. The highest BCUT2D eigenvalue weighted by atomic mass is 16.5. The standard InChI is InChI=1S/C17H18N6O3/c1-26-17(25)15-9-12-10-21(7-4-8-22(12)18-15)16(24)11-23-19-13-5-2-3-6-14(13)20-23/h2-3,5-6,9H,4,7-8,10-11H2,1H3. The van der Waals surface area contributed by atoms with Gasteiger partial charge in [-0.3, -0.25) is 9.48 Å². The molecule has 0 N–H and O–H groups in total. The van der Waals surface area contributed by atoms with Gasteiger partial charge in [0.2, 0.25) is 5.91 Å². The van der Waals surface area contributed by atoms with Gasteiger partial charge in [0.05, 0.1) is 19.3 Å². The van der Waals surface area contributed by atoms with E-state index < -0.39 is 5.97 Å². The fourth-order valence-electron chi connectivity index (χ4n) is 3.08. The van der Waals surface area contributed by atoms with Crippen LogP contribution in [0.5, 0.6) is 0 Å². The SMILES string of the molecule is COC(=O)c1cc2n(n1)CCCN(C(=O)Cn1nc3ccccc3n1)C2. The summed E-state index contributed by atoms with van der Waals surface area (Å²) in [6.07, 6.45) is 0.759. The van der Waals surface area contributed by atoms with Crippen LogP contribution in [0.2, 0.25) is 0 Å². The van der Waals surface area contributed by atoms with Gasteiger partial charge in [-0.2, -0.15) is 20.1 Å². The third-order valence-electron chi connectivity index (χ3n) is 4.37. The molecule has 9 nitrogen and oxygen atoms in total. The minimum absolute atomic E-state index is 0.0698. The maximum Gasteiger partial charge on any atom is 0.358 e. The predicted molar refractivity (Wildman–Crippen MR) is 91.1 cm³/mol. The molecule has 0 fully saturated rings. The molecule has 1 amide bonds. The average Bonchev–Trinajstić information content (AvgIpc) is 3.18. The fourth-order valence-corrected chi connectivity index (χ4v) is 3.08. The van der Waals surface area contributed by atoms with Crippen LogP contribution in [0.1, 0.15) is 22.6 Å². The number of methoxy groups -OCH3 is 1. The molecule has 0 spiro atoms. The number of esters is 1. The molecule has 0 saturated carbocycles. The van der Waals surface area contributed by atoms with Gasteiger partial charge in [0.25, 0.3) is 0 Å². The number of aryl methyl sites for hydroxylation is 1. The molecule has 0 aliphatic carbocycles. The molecule has 0 bridgehead atoms. The van der Waals surface area contributed by atoms with Crippen LogP contribution in [-0.4, -0.2) is 55.2 Å². The zero-order valence-corrected chi connectivity index (χ0v) is 14.3. The highest BCUT2D eigenvalue weighted by Gasteiger charge is 2.23. The first-order valence-corrected chi connectivity index (χ1v) is 8.37. The van der Waals surface area contributed by atoms with E-state index in [9.17, 15) is 9.59 Å². The first-order valence-electron chi connectivity index (χ1n) is 8.37. The van der Waals surface area contributed by atoms with Gasteiger partial charge < -0.3 is 9.64 Å². The van der Waals surface area contributed by atoms with Gasteiger partial charge >= 0.3 is 5.97 Å². The van der Waals surface area contributed by atoms with Crippen LogP contribution in [0.3, 0.4) is 0 Å². The Morgan fingerprint density at radius 3 is 2.54 bits per heavy atom. The lowest BCUT2D eigenvalue weighted by molar-refractivity contribution is -0.132. The molecule has 9 heteroatoms. The molecule has 0 atom stereocenters. The van der Waals surface area contributed by atoms with Crippen molar-refractivity contribution < 1.29 is 14.3 Å². The first-order chi connectivity index (χ1) is 12.6. The summed E-state index contributed by atoms with van der Waals surface area (Å²) >= 11 is 0. The quantitative estimate of drug-likeness (QED) is 0.647. The van der Waals surface area contributed by atoms with Gasteiger partial charge in [0, 0.05) is 13.1 Å². The van der Waals surface area contributed by atoms with Crippen molar-refractivity contribution >= 4 is 22.9 Å². The zero-order chi connectivity index (χ0) is 18.1. The van der Waals surface area contributed by atoms with Gasteiger partial charge in [-0.25, -0.2) is 4.79 Å². The average molecular weight is 354 g/mol. The normalized spacial score (nSPS) is 14.1. The van der Waals surface area contributed by atoms with Gasteiger partial charge in [-0.1, -0.05) is 12.1 Å². The Balaban J connectivity index is 1.50. The van der Waals surface area contributed by atoms with Gasteiger partial charge in [0.15, 0.2) is 5.69 Å². The lowest BCUT2D eigenvalue weighted by atomic mass is 10.3. The molecular formula is C17H18N6O3. The van der Waals surface area contributed by atoms with Crippen LogP contribution >= 0.6 is 0 Å². The number of carbonyl (C=O) groups excluding carboxylic acids is 2. The van der Waals surface area contributed by atoms with Gasteiger partial charge in [0.1, 0.15) is 17.6 Å². The van der Waals surface area contributed by atoms with Crippen molar-refractivity contribution in [2.45, 2.75) is 26.1 Å². The molecule has 26 heavy (non-hydrogen) atoms. The maximum absolute atomic E-state index is 12.7. The van der Waals surface area contributed by atoms with Crippen LogP contribution in [-0.2, 0) is 29.2 Å². The van der Waals surface area contributed by atoms with Crippen molar-refractivity contribution in [1.82, 2.24) is 29.7 Å². The van der Waals surface area contributed by atoms with Gasteiger partial charge in [-0.05, 0) is 24.6 Å². The van der Waals surface area contributed by atoms with E-state index in [1.165, 1.54) is 11.9 Å². The third kappa shape index (κ3) is 3.03. The summed E-state index contributed by atoms with van der Waals surface area (Å²) in [5.74, 6) is -0.546. The lowest BCUT2D eigenvalue weighted by Gasteiger charge is -2.19. The summed E-state index contributed by atoms with van der Waals surface area (Å²) in [6.45, 7) is 1.74. The zero-order valence-electron chi connectivity index (χ0n) is 14.3. The van der Waals surface area contributed by atoms with E-state index >= 15 is 0 Å². The van der Waals surface area contributed by atoms with Crippen molar-refractivity contribution in [2.24, 2.45) is 0 Å². The molecule has 3 heterocycles. The second kappa shape index (κ2) is 6.58. The predicted octanol–water partition coefficient (Wildman–Crippen LogP) is 0.847. The Bertz CT molecular complexity index is 943. The van der Waals surface area contributed by atoms with Crippen LogP contribution in [0.4, 0.5) is 0 Å². The molecule has 134 valence electrons. The van der Waals surface area contributed by atoms with E-state index in [1.807, 2.05) is 24.3 Å². The number of hydrogen-bond acceptors (Lipinski definition) is 6. The number of carbonyl (C=O) groups is 2. The number of benzene rings is 1. The molecule has 4 rings (SSSR count). The molecule has 0 saturated heterocycles. The summed E-state index contributed by atoms with van der Waals surface area (Å²) in [7, 11) is 1.32. The minimum Gasteiger partial charge on any atom is -0.464 e. The molecule has 0 unspecified atom stereocenters. The summed E-state index contributed by atoms with van der Waals surface area (Å²) < 4.78 is 6.48. The van der Waals surface area contributed by atoms with E-state index in [4.69, 9.17) is 4.74 Å². The second-order valence-corrected chi connectivity index (χ2v) is 6.12. The Labute approximate surface area is 149 Å². The Kier molecular flexibility index (Phi) is 4.11. The van der Waals surface area contributed by atoms with Crippen molar-refractivity contribution in [3.05, 3.63) is 41.7 Å². The minimum atomic E-state index is -0.476. The monoisotopic (exact) mass is 354 g/mol. The largest absolute Gasteiger partial charge is 0.464 e. The van der Waals surface area contributed by atoms with E-state index in [0.29, 0.717) is 19.6 Å². The number of nitrogens with zero attached hydrogens (tertiary/aromatic N) is 6. The number of hydrogen-bond donors (Lipinski definition) is 0. The van der Waals surface area contributed by atoms with Crippen molar-refractivity contribution in [3.63, 3.8) is 0 Å². The first kappa shape index (κ1) is 16.2. The number of ether oxygens (including phenoxy) is 1. The van der Waals surface area contributed by atoms with Gasteiger partial charge in [-0.15, -0.1) is 0 Å². The van der Waals surface area contributed by atoms with Crippen molar-refractivity contribution in [1.29, 1.82) is 0 Å². The molecule has 0 radical (unpaired) electrons. The number of fused-ring (bicyclic) bond motifs is 2. The number of aromatic nitrogens is 5. The Hall–Kier alpha value is -3.23. The van der Waals surface area contributed by atoms with Crippen LogP contribution in [0.15, 0.2) is 30.3 Å². The van der Waals surface area contributed by atoms with Crippen molar-refractivity contribution in [3.8, 4) is 0 Å². The molecule has 1 aliphatic heterocycles. The van der Waals surface area contributed by atoms with E-state index in [2.05, 4.69) is 15.3 Å². The van der Waals surface area contributed by atoms with E-state index in [1.54, 1.807) is 15.6 Å². The van der Waals surface area contributed by atoms with Crippen LogP contribution < -0.4 is 0 Å². The number of rotatable bonds is 3. The topological polar surface area (TPSA) is 95.1 Å². The lowest BCUT2D eigenvalue weighted by Crippen LogP contribution is -2.34. The van der Waals surface area contributed by atoms with E-state index in [-0.39, 0.29) is 18.1 Å². The fraction of sp³-hybridized carbons (Fsp3) is 0.353. The Morgan fingerprint density at radius 1 is 1.12 bits per heavy atom. The second-order valence-electron chi connectivity index (χ2n) is 6.12. The van der Waals surface area contributed by atoms with E-state index in [0.717, 1.165) is 23.1 Å². The third-order valence-corrected chi connectivity index (χ3v) is 4.37. The summed E-state index contributed by atoms with van der Waals surface area (Å²) in [6, 6.07) is 9.18. The summed E-state index contributed by atoms with van der Waals surface area (Å²) in [4.78, 5) is 27.5. The molecule has 1 aromatic carbocycles. The molecule has 2 aromatic heterocycles. The number of amides is 1. The summed E-state index contributed by atoms with van der Waals surface area (Å²) in [5.41, 5.74) is 2.60. The maximum atomic E-state index is 12.7. The molecule has 1 aliphatic rings. The van der Waals surface area contributed by atoms with Crippen LogP contribution in [0.25, 0.3) is 11.0 Å².